The van der Waals surface area contributed by atoms with Gasteiger partial charge in [0.1, 0.15) is 12.8 Å². The van der Waals surface area contributed by atoms with Crippen molar-refractivity contribution in [3.63, 3.8) is 0 Å². The molecule has 0 aliphatic rings. The van der Waals surface area contributed by atoms with Crippen molar-refractivity contribution in [2.45, 2.75) is 38.0 Å². The monoisotopic (exact) mass is 324 g/mol. The number of carboxylic acid groups (broad SMARTS) is 1. The maximum Gasteiger partial charge on any atom is 0.456 e. The Balaban J connectivity index is 5.65. The Labute approximate surface area is 121 Å². The fourth-order valence-corrected chi connectivity index (χ4v) is 1.61. The van der Waals surface area contributed by atoms with Crippen LogP contribution in [0.25, 0.3) is 0 Å². The Kier molecular flexibility index (Phi) is 5.40. The fourth-order valence-electron chi connectivity index (χ4n) is 1.61. The summed E-state index contributed by atoms with van der Waals surface area (Å²) in [6.45, 7) is 1.05. The van der Waals surface area contributed by atoms with Crippen molar-refractivity contribution in [2.75, 3.05) is 0 Å². The first-order chi connectivity index (χ1) is 9.79. The first kappa shape index (κ1) is 19.1. The molecule has 0 aromatic rings. The van der Waals surface area contributed by atoms with Crippen molar-refractivity contribution < 1.29 is 29.6 Å². The van der Waals surface area contributed by atoms with Crippen LogP contribution in [0.5, 0.6) is 0 Å². The molecule has 0 rings (SSSR count). The summed E-state index contributed by atoms with van der Waals surface area (Å²) in [5, 5.41) is 52.0. The van der Waals surface area contributed by atoms with Crippen LogP contribution in [0.2, 0.25) is 0 Å². The molecule has 14 nitrogen and oxygen atoms in total. The molecule has 0 bridgehead atoms. The van der Waals surface area contributed by atoms with Gasteiger partial charge < -0.3 is 5.11 Å². The summed E-state index contributed by atoms with van der Waals surface area (Å²) in [4.78, 5) is 48.7. The zero-order valence-corrected chi connectivity index (χ0v) is 11.4. The number of hydrogen-bond donors (Lipinski definition) is 1. The fraction of sp³-hybridized carbons (Fsp3) is 0.875. The number of carbonyl (C=O) groups is 1. The van der Waals surface area contributed by atoms with Gasteiger partial charge in [0.15, 0.2) is 0 Å². The maximum atomic E-state index is 11.1. The lowest BCUT2D eigenvalue weighted by Crippen LogP contribution is -2.50. The van der Waals surface area contributed by atoms with Gasteiger partial charge in [0.25, 0.3) is 0 Å². The van der Waals surface area contributed by atoms with Crippen molar-refractivity contribution in [2.24, 2.45) is 5.92 Å². The zero-order valence-electron chi connectivity index (χ0n) is 11.4. The predicted octanol–water partition coefficient (Wildman–Crippen LogP) is 0.00660. The van der Waals surface area contributed by atoms with Gasteiger partial charge in [-0.15, -0.1) is 0 Å². The molecule has 0 saturated carbocycles. The lowest BCUT2D eigenvalue weighted by atomic mass is 9.88. The zero-order chi connectivity index (χ0) is 17.9. The van der Waals surface area contributed by atoms with E-state index in [4.69, 9.17) is 5.11 Å². The van der Waals surface area contributed by atoms with E-state index in [1.54, 1.807) is 0 Å². The molecular weight excluding hydrogens is 312 g/mol. The third kappa shape index (κ3) is 3.58. The molecule has 0 amide bonds. The normalized spacial score (nSPS) is 12.0. The van der Waals surface area contributed by atoms with Gasteiger partial charge in [-0.1, -0.05) is 0 Å². The lowest BCUT2D eigenvalue weighted by molar-refractivity contribution is -0.800. The number of hydrogen-bond acceptors (Lipinski definition) is 9. The Morgan fingerprint density at radius 1 is 0.864 bits per heavy atom. The van der Waals surface area contributed by atoms with Gasteiger partial charge in [0, 0.05) is 0 Å². The molecule has 124 valence electrons. The molecule has 0 unspecified atom stereocenters. The highest BCUT2D eigenvalue weighted by Gasteiger charge is 2.59. The van der Waals surface area contributed by atoms with E-state index in [2.05, 4.69) is 0 Å². The van der Waals surface area contributed by atoms with E-state index in [1.165, 1.54) is 0 Å². The van der Waals surface area contributed by atoms with Crippen molar-refractivity contribution in [1.29, 1.82) is 0 Å². The van der Waals surface area contributed by atoms with Gasteiger partial charge >= 0.3 is 17.3 Å². The van der Waals surface area contributed by atoms with E-state index >= 15 is 0 Å². The van der Waals surface area contributed by atoms with Crippen LogP contribution in [-0.2, 0) is 4.79 Å². The van der Waals surface area contributed by atoms with Crippen LogP contribution in [0.3, 0.4) is 0 Å². The minimum Gasteiger partial charge on any atom is -0.481 e. The van der Waals surface area contributed by atoms with Crippen LogP contribution >= 0.6 is 0 Å². The molecule has 0 aliphatic carbocycles. The van der Waals surface area contributed by atoms with Crippen LogP contribution in [0.4, 0.5) is 0 Å². The molecule has 0 saturated heterocycles. The molecule has 0 atom stereocenters. The summed E-state index contributed by atoms with van der Waals surface area (Å²) >= 11 is 0. The van der Waals surface area contributed by atoms with E-state index in [0.29, 0.717) is 13.8 Å². The summed E-state index contributed by atoms with van der Waals surface area (Å²) in [7, 11) is 0. The average molecular weight is 324 g/mol. The topological polar surface area (TPSA) is 210 Å². The van der Waals surface area contributed by atoms with Crippen molar-refractivity contribution in [3.8, 4) is 0 Å². The van der Waals surface area contributed by atoms with Gasteiger partial charge in [-0.3, -0.25) is 45.3 Å². The summed E-state index contributed by atoms with van der Waals surface area (Å²) in [5.74, 6) is -3.87. The number of nitro groups is 4. The number of aliphatic carboxylic acids is 1. The molecular formula is C8H12N4O10. The first-order valence-electron chi connectivity index (χ1n) is 5.60. The average Bonchev–Trinajstić information content (AvgIpc) is 2.36. The third-order valence-corrected chi connectivity index (χ3v) is 3.19. The molecule has 0 aromatic carbocycles. The van der Waals surface area contributed by atoms with Crippen LogP contribution in [0.1, 0.15) is 26.7 Å². The first-order valence-corrected chi connectivity index (χ1v) is 5.60. The molecule has 0 heterocycles. The lowest BCUT2D eigenvalue weighted by Gasteiger charge is -2.20. The van der Waals surface area contributed by atoms with Gasteiger partial charge in [-0.05, 0) is 0 Å². The molecule has 0 aliphatic heterocycles. The molecule has 1 N–H and O–H groups in total. The standard InChI is InChI=1S/C8H12N4O10/c1-7(9(15)16,10(17)18)3-5(6(13)14)4-8(2,11(19)20)12(21)22/h5H,3-4H2,1-2H3,(H,13,14). The van der Waals surface area contributed by atoms with Gasteiger partial charge in [-0.2, -0.15) is 0 Å². The summed E-state index contributed by atoms with van der Waals surface area (Å²) in [6, 6.07) is 0. The largest absolute Gasteiger partial charge is 0.481 e. The van der Waals surface area contributed by atoms with Crippen LogP contribution in [0, 0.1) is 46.4 Å². The third-order valence-electron chi connectivity index (χ3n) is 3.19. The van der Waals surface area contributed by atoms with Crippen molar-refractivity contribution in [1.82, 2.24) is 0 Å². The van der Waals surface area contributed by atoms with E-state index in [1.807, 2.05) is 0 Å². The number of carboxylic acids is 1. The van der Waals surface area contributed by atoms with Crippen molar-refractivity contribution in [3.05, 3.63) is 40.5 Å². The minimum absolute atomic E-state index is 0.526. The second-order valence-corrected chi connectivity index (χ2v) is 4.91. The quantitative estimate of drug-likeness (QED) is 0.340. The Hall–Kier alpha value is -2.93. The molecule has 22 heavy (non-hydrogen) atoms. The number of nitrogens with zero attached hydrogens (tertiary/aromatic N) is 4. The molecule has 0 spiro atoms. The highest BCUT2D eigenvalue weighted by molar-refractivity contribution is 5.70. The summed E-state index contributed by atoms with van der Waals surface area (Å²) < 4.78 is 0. The van der Waals surface area contributed by atoms with Gasteiger partial charge in [0.05, 0.1) is 39.5 Å². The Morgan fingerprint density at radius 3 is 1.23 bits per heavy atom. The van der Waals surface area contributed by atoms with E-state index in [0.717, 1.165) is 0 Å². The second-order valence-electron chi connectivity index (χ2n) is 4.91. The second kappa shape index (κ2) is 6.23. The van der Waals surface area contributed by atoms with E-state index < -0.39 is 55.7 Å². The van der Waals surface area contributed by atoms with E-state index in [-0.39, 0.29) is 0 Å². The summed E-state index contributed by atoms with van der Waals surface area (Å²) in [6.07, 6.45) is -2.47. The molecule has 0 aromatic heterocycles. The molecule has 0 fully saturated rings. The van der Waals surface area contributed by atoms with Crippen LogP contribution in [-0.4, -0.2) is 42.1 Å². The number of rotatable bonds is 9. The van der Waals surface area contributed by atoms with Gasteiger partial charge in [-0.25, -0.2) is 0 Å². The highest BCUT2D eigenvalue weighted by Crippen LogP contribution is 2.29. The maximum absolute atomic E-state index is 11.1. The predicted molar refractivity (Wildman–Crippen MR) is 65.1 cm³/mol. The minimum atomic E-state index is -2.93. The van der Waals surface area contributed by atoms with Crippen LogP contribution < -0.4 is 0 Å². The SMILES string of the molecule is CC(CC(CC(C)([N+](=O)[O-])[N+](=O)[O-])C(=O)O)([N+](=O)[O-])[N+](=O)[O-]. The Bertz CT molecular complexity index is 463. The smallest absolute Gasteiger partial charge is 0.456 e. The van der Waals surface area contributed by atoms with Gasteiger partial charge in [0.2, 0.25) is 0 Å². The highest BCUT2D eigenvalue weighted by atomic mass is 16.7. The van der Waals surface area contributed by atoms with Crippen LogP contribution in [0.15, 0.2) is 0 Å². The van der Waals surface area contributed by atoms with E-state index in [9.17, 15) is 45.3 Å². The Morgan fingerprint density at radius 2 is 1.09 bits per heavy atom. The molecule has 0 radical (unpaired) electrons. The molecule has 14 heteroatoms. The summed E-state index contributed by atoms with van der Waals surface area (Å²) in [5.41, 5.74) is -5.87. The van der Waals surface area contributed by atoms with Crippen molar-refractivity contribution >= 4 is 5.97 Å².